The van der Waals surface area contributed by atoms with Gasteiger partial charge in [-0.2, -0.15) is 0 Å². The molecule has 0 aliphatic carbocycles. The van der Waals surface area contributed by atoms with Crippen molar-refractivity contribution in [2.75, 3.05) is 56.7 Å². The summed E-state index contributed by atoms with van der Waals surface area (Å²) in [6, 6.07) is 10.8. The predicted molar refractivity (Wildman–Crippen MR) is 118 cm³/mol. The minimum atomic E-state index is -0.200. The highest BCUT2D eigenvalue weighted by atomic mass is 16.5. The van der Waals surface area contributed by atoms with Crippen molar-refractivity contribution in [3.63, 3.8) is 0 Å². The molecule has 2 fully saturated rings. The summed E-state index contributed by atoms with van der Waals surface area (Å²) in [5.41, 5.74) is 1.21. The zero-order valence-corrected chi connectivity index (χ0v) is 17.8. The van der Waals surface area contributed by atoms with Crippen LogP contribution >= 0.6 is 0 Å². The molecule has 1 aromatic heterocycles. The first-order valence-electron chi connectivity index (χ1n) is 10.7. The summed E-state index contributed by atoms with van der Waals surface area (Å²) < 4.78 is 10.5. The zero-order chi connectivity index (χ0) is 21.6. The van der Waals surface area contributed by atoms with Gasteiger partial charge in [-0.3, -0.25) is 9.59 Å². The van der Waals surface area contributed by atoms with Crippen LogP contribution in [0.15, 0.2) is 42.6 Å². The molecule has 2 aliphatic heterocycles. The Bertz CT molecular complexity index is 921. The fraction of sp³-hybridized carbons (Fsp3) is 0.435. The van der Waals surface area contributed by atoms with Gasteiger partial charge in [-0.05, 0) is 37.1 Å². The molecule has 2 aromatic rings. The minimum Gasteiger partial charge on any atom is -0.497 e. The van der Waals surface area contributed by atoms with Crippen molar-refractivity contribution in [1.82, 2.24) is 9.88 Å². The number of nitrogens with zero attached hydrogens (tertiary/aromatic N) is 3. The Hall–Kier alpha value is -3.13. The quantitative estimate of drug-likeness (QED) is 0.794. The number of benzene rings is 1. The van der Waals surface area contributed by atoms with Crippen molar-refractivity contribution in [3.05, 3.63) is 48.2 Å². The number of hydrogen-bond donors (Lipinski definition) is 1. The summed E-state index contributed by atoms with van der Waals surface area (Å²) in [6.45, 7) is 4.11. The second-order valence-electron chi connectivity index (χ2n) is 7.79. The van der Waals surface area contributed by atoms with Crippen molar-refractivity contribution in [1.29, 1.82) is 0 Å². The molecular formula is C23H28N4O4. The average Bonchev–Trinajstić information content (AvgIpc) is 2.84. The number of carbonyl (C=O) groups excluding carboxylic acids is 2. The predicted octanol–water partition coefficient (Wildman–Crippen LogP) is 2.42. The van der Waals surface area contributed by atoms with Gasteiger partial charge in [0, 0.05) is 55.6 Å². The van der Waals surface area contributed by atoms with E-state index in [2.05, 4.69) is 15.2 Å². The van der Waals surface area contributed by atoms with Gasteiger partial charge in [0.2, 0.25) is 5.91 Å². The molecule has 8 heteroatoms. The molecule has 2 aliphatic rings. The molecule has 3 heterocycles. The molecule has 0 saturated carbocycles. The molecule has 164 valence electrons. The van der Waals surface area contributed by atoms with Crippen LogP contribution in [0.2, 0.25) is 0 Å². The first-order valence-corrected chi connectivity index (χ1v) is 10.7. The van der Waals surface area contributed by atoms with Crippen LogP contribution in [0.25, 0.3) is 0 Å². The average molecular weight is 425 g/mol. The van der Waals surface area contributed by atoms with E-state index < -0.39 is 0 Å². The third kappa shape index (κ3) is 5.14. The first-order chi connectivity index (χ1) is 15.1. The Morgan fingerprint density at radius 2 is 1.87 bits per heavy atom. The molecule has 2 amide bonds. The molecule has 0 bridgehead atoms. The SMILES string of the molecule is COc1cccc(NC(=O)c2ccnc(N3CCC(C(=O)N4CCOCC4)CC3)c2)c1. The summed E-state index contributed by atoms with van der Waals surface area (Å²) in [4.78, 5) is 34.0. The second-order valence-corrected chi connectivity index (χ2v) is 7.79. The van der Waals surface area contributed by atoms with Crippen molar-refractivity contribution in [2.45, 2.75) is 12.8 Å². The summed E-state index contributed by atoms with van der Waals surface area (Å²) in [6.07, 6.45) is 3.23. The maximum Gasteiger partial charge on any atom is 0.255 e. The number of hydrogen-bond acceptors (Lipinski definition) is 6. The fourth-order valence-electron chi connectivity index (χ4n) is 4.03. The summed E-state index contributed by atoms with van der Waals surface area (Å²) in [5.74, 6) is 1.53. The summed E-state index contributed by atoms with van der Waals surface area (Å²) in [5, 5.41) is 2.90. The van der Waals surface area contributed by atoms with E-state index in [0.717, 1.165) is 31.7 Å². The lowest BCUT2D eigenvalue weighted by Crippen LogP contribution is -2.47. The first kappa shape index (κ1) is 21.1. The van der Waals surface area contributed by atoms with Crippen LogP contribution in [0, 0.1) is 5.92 Å². The number of carbonyl (C=O) groups is 2. The van der Waals surface area contributed by atoms with Crippen molar-refractivity contribution in [2.24, 2.45) is 5.92 Å². The van der Waals surface area contributed by atoms with E-state index in [9.17, 15) is 9.59 Å². The highest BCUT2D eigenvalue weighted by Crippen LogP contribution is 2.25. The normalized spacial score (nSPS) is 17.3. The van der Waals surface area contributed by atoms with Gasteiger partial charge in [0.05, 0.1) is 20.3 Å². The molecule has 0 radical (unpaired) electrons. The lowest BCUT2D eigenvalue weighted by atomic mass is 9.95. The Kier molecular flexibility index (Phi) is 6.66. The van der Waals surface area contributed by atoms with Crippen LogP contribution in [0.5, 0.6) is 5.75 Å². The number of piperidine rings is 1. The van der Waals surface area contributed by atoms with Crippen molar-refractivity contribution < 1.29 is 19.1 Å². The van der Waals surface area contributed by atoms with E-state index in [1.807, 2.05) is 23.1 Å². The Morgan fingerprint density at radius 3 is 2.61 bits per heavy atom. The van der Waals surface area contributed by atoms with Gasteiger partial charge in [-0.25, -0.2) is 4.98 Å². The number of rotatable bonds is 5. The molecule has 4 rings (SSSR count). The van der Waals surface area contributed by atoms with Crippen molar-refractivity contribution in [3.8, 4) is 5.75 Å². The molecule has 0 unspecified atom stereocenters. The fourth-order valence-corrected chi connectivity index (χ4v) is 4.03. The third-order valence-electron chi connectivity index (χ3n) is 5.83. The molecular weight excluding hydrogens is 396 g/mol. The lowest BCUT2D eigenvalue weighted by Gasteiger charge is -2.36. The monoisotopic (exact) mass is 424 g/mol. The zero-order valence-electron chi connectivity index (χ0n) is 17.8. The molecule has 1 N–H and O–H groups in total. The van der Waals surface area contributed by atoms with Crippen LogP contribution < -0.4 is 15.0 Å². The standard InChI is InChI=1S/C23H28N4O4/c1-30-20-4-2-3-19(16-20)25-22(28)18-5-8-24-21(15-18)26-9-6-17(7-10-26)23(29)27-11-13-31-14-12-27/h2-5,8,15-17H,6-7,9-14H2,1H3,(H,25,28). The van der Waals surface area contributed by atoms with E-state index in [-0.39, 0.29) is 17.7 Å². The molecule has 2 saturated heterocycles. The van der Waals surface area contributed by atoms with Gasteiger partial charge >= 0.3 is 0 Å². The largest absolute Gasteiger partial charge is 0.497 e. The number of morpholine rings is 1. The van der Waals surface area contributed by atoms with Gasteiger partial charge in [0.1, 0.15) is 11.6 Å². The van der Waals surface area contributed by atoms with Crippen LogP contribution in [0.4, 0.5) is 11.5 Å². The molecule has 1 aromatic carbocycles. The highest BCUT2D eigenvalue weighted by molar-refractivity contribution is 6.04. The Balaban J connectivity index is 1.36. The van der Waals surface area contributed by atoms with E-state index in [4.69, 9.17) is 9.47 Å². The van der Waals surface area contributed by atoms with Gasteiger partial charge in [0.15, 0.2) is 0 Å². The van der Waals surface area contributed by atoms with Crippen LogP contribution in [-0.2, 0) is 9.53 Å². The van der Waals surface area contributed by atoms with Crippen molar-refractivity contribution >= 4 is 23.3 Å². The van der Waals surface area contributed by atoms with Gasteiger partial charge in [-0.1, -0.05) is 6.07 Å². The number of nitrogens with one attached hydrogen (secondary N) is 1. The van der Waals surface area contributed by atoms with Crippen LogP contribution in [0.3, 0.4) is 0 Å². The Labute approximate surface area is 182 Å². The second kappa shape index (κ2) is 9.78. The van der Waals surface area contributed by atoms with Gasteiger partial charge < -0.3 is 24.6 Å². The number of pyridine rings is 1. The van der Waals surface area contributed by atoms with Gasteiger partial charge in [-0.15, -0.1) is 0 Å². The minimum absolute atomic E-state index is 0.0499. The molecule has 31 heavy (non-hydrogen) atoms. The van der Waals surface area contributed by atoms with E-state index in [1.165, 1.54) is 0 Å². The Morgan fingerprint density at radius 1 is 1.10 bits per heavy atom. The number of ether oxygens (including phenoxy) is 2. The molecule has 8 nitrogen and oxygen atoms in total. The van der Waals surface area contributed by atoms with E-state index >= 15 is 0 Å². The molecule has 0 spiro atoms. The maximum atomic E-state index is 12.7. The summed E-state index contributed by atoms with van der Waals surface area (Å²) in [7, 11) is 1.59. The van der Waals surface area contributed by atoms with E-state index in [1.54, 1.807) is 31.5 Å². The number of amides is 2. The molecule has 0 atom stereocenters. The van der Waals surface area contributed by atoms with E-state index in [0.29, 0.717) is 43.3 Å². The summed E-state index contributed by atoms with van der Waals surface area (Å²) >= 11 is 0. The number of methoxy groups -OCH3 is 1. The topological polar surface area (TPSA) is 84.0 Å². The number of anilines is 2. The van der Waals surface area contributed by atoms with Crippen LogP contribution in [0.1, 0.15) is 23.2 Å². The van der Waals surface area contributed by atoms with Crippen LogP contribution in [-0.4, -0.2) is 68.2 Å². The smallest absolute Gasteiger partial charge is 0.255 e. The maximum absolute atomic E-state index is 12.7. The van der Waals surface area contributed by atoms with Gasteiger partial charge in [0.25, 0.3) is 5.91 Å². The highest BCUT2D eigenvalue weighted by Gasteiger charge is 2.30. The number of aromatic nitrogens is 1. The lowest BCUT2D eigenvalue weighted by molar-refractivity contribution is -0.140. The third-order valence-corrected chi connectivity index (χ3v) is 5.83.